The van der Waals surface area contributed by atoms with Crippen LogP contribution in [0.15, 0.2) is 40.2 Å². The van der Waals surface area contributed by atoms with Crippen molar-refractivity contribution in [1.29, 1.82) is 0 Å². The van der Waals surface area contributed by atoms with Gasteiger partial charge in [-0.05, 0) is 71.4 Å². The van der Waals surface area contributed by atoms with Crippen molar-refractivity contribution in [3.05, 3.63) is 45.1 Å². The minimum atomic E-state index is 0.321. The summed E-state index contributed by atoms with van der Waals surface area (Å²) >= 11 is 5.38. The molecule has 1 aromatic carbocycles. The van der Waals surface area contributed by atoms with E-state index >= 15 is 0 Å². The number of benzene rings is 1. The average molecular weight is 351 g/mol. The van der Waals surface area contributed by atoms with Crippen molar-refractivity contribution >= 4 is 38.6 Å². The van der Waals surface area contributed by atoms with E-state index in [9.17, 15) is 0 Å². The lowest BCUT2D eigenvalue weighted by Crippen LogP contribution is -2.17. The molecule has 2 heterocycles. The van der Waals surface area contributed by atoms with Crippen LogP contribution in [-0.2, 0) is 0 Å². The van der Waals surface area contributed by atoms with E-state index in [2.05, 4.69) is 68.8 Å². The van der Waals surface area contributed by atoms with Gasteiger partial charge in [0.15, 0.2) is 0 Å². The molecule has 3 rings (SSSR count). The van der Waals surface area contributed by atoms with Crippen LogP contribution in [0.1, 0.15) is 30.7 Å². The van der Waals surface area contributed by atoms with Crippen LogP contribution in [0.4, 0.5) is 11.4 Å². The molecule has 0 aliphatic carbocycles. The zero-order valence-electron chi connectivity index (χ0n) is 11.6. The molecule has 0 spiro atoms. The van der Waals surface area contributed by atoms with Crippen LogP contribution in [0.25, 0.3) is 0 Å². The van der Waals surface area contributed by atoms with E-state index < -0.39 is 0 Å². The Balaban J connectivity index is 1.67. The van der Waals surface area contributed by atoms with Gasteiger partial charge < -0.3 is 10.2 Å². The van der Waals surface area contributed by atoms with Gasteiger partial charge >= 0.3 is 0 Å². The largest absolute Gasteiger partial charge is 0.378 e. The zero-order valence-corrected chi connectivity index (χ0v) is 14.0. The molecule has 0 saturated carbocycles. The van der Waals surface area contributed by atoms with Gasteiger partial charge in [-0.25, -0.2) is 0 Å². The average Bonchev–Trinajstić information content (AvgIpc) is 3.10. The minimum Gasteiger partial charge on any atom is -0.378 e. The Bertz CT molecular complexity index is 558. The Kier molecular flexibility index (Phi) is 4.32. The van der Waals surface area contributed by atoms with Gasteiger partial charge in [0.05, 0.1) is 6.04 Å². The van der Waals surface area contributed by atoms with Gasteiger partial charge in [-0.15, -0.1) is 11.3 Å². The number of hydrogen-bond donors (Lipinski definition) is 1. The highest BCUT2D eigenvalue weighted by Crippen LogP contribution is 2.31. The number of nitrogens with zero attached hydrogens (tertiary/aromatic N) is 1. The first-order valence-electron chi connectivity index (χ1n) is 7.08. The summed E-state index contributed by atoms with van der Waals surface area (Å²) < 4.78 is 1.19. The second-order valence-corrected chi connectivity index (χ2v) is 7.04. The van der Waals surface area contributed by atoms with Crippen LogP contribution in [0.5, 0.6) is 0 Å². The zero-order chi connectivity index (χ0) is 13.9. The number of hydrogen-bond acceptors (Lipinski definition) is 3. The fourth-order valence-electron chi connectivity index (χ4n) is 2.67. The molecule has 1 fully saturated rings. The van der Waals surface area contributed by atoms with Crippen LogP contribution in [0.2, 0.25) is 0 Å². The van der Waals surface area contributed by atoms with E-state index in [0.29, 0.717) is 6.04 Å². The molecule has 1 saturated heterocycles. The van der Waals surface area contributed by atoms with Crippen LogP contribution in [0.3, 0.4) is 0 Å². The number of halogens is 1. The maximum absolute atomic E-state index is 3.60. The Morgan fingerprint density at radius 3 is 2.45 bits per heavy atom. The smallest absolute Gasteiger partial charge is 0.0589 e. The lowest BCUT2D eigenvalue weighted by atomic mass is 10.2. The summed E-state index contributed by atoms with van der Waals surface area (Å²) in [6, 6.07) is 11.3. The van der Waals surface area contributed by atoms with Gasteiger partial charge in [0.2, 0.25) is 0 Å². The molecule has 0 radical (unpaired) electrons. The molecule has 0 bridgehead atoms. The summed E-state index contributed by atoms with van der Waals surface area (Å²) in [5, 5.41) is 5.68. The van der Waals surface area contributed by atoms with Gasteiger partial charge in [0.1, 0.15) is 0 Å². The molecule has 1 aliphatic heterocycles. The fraction of sp³-hybridized carbons (Fsp3) is 0.375. The number of thiophene rings is 1. The Labute approximate surface area is 132 Å². The highest BCUT2D eigenvalue weighted by atomic mass is 79.9. The molecule has 0 amide bonds. The Hall–Kier alpha value is -1.00. The van der Waals surface area contributed by atoms with Crippen molar-refractivity contribution < 1.29 is 0 Å². The predicted molar refractivity (Wildman–Crippen MR) is 91.9 cm³/mol. The maximum Gasteiger partial charge on any atom is 0.0589 e. The molecule has 1 unspecified atom stereocenters. The third-order valence-corrected chi connectivity index (χ3v) is 5.81. The molecule has 1 aromatic heterocycles. The maximum atomic E-state index is 3.60. The second-order valence-electron chi connectivity index (χ2n) is 5.24. The SMILES string of the molecule is CC(Nc1ccc(N2CCCC2)cc1)c1sccc1Br. The lowest BCUT2D eigenvalue weighted by Gasteiger charge is -2.19. The molecule has 1 atom stereocenters. The van der Waals surface area contributed by atoms with E-state index in [0.717, 1.165) is 0 Å². The third kappa shape index (κ3) is 3.01. The first-order valence-corrected chi connectivity index (χ1v) is 8.76. The van der Waals surface area contributed by atoms with Crippen LogP contribution in [-0.4, -0.2) is 13.1 Å². The molecule has 1 N–H and O–H groups in total. The van der Waals surface area contributed by atoms with Crippen molar-refractivity contribution in [1.82, 2.24) is 0 Å². The fourth-order valence-corrected chi connectivity index (χ4v) is 4.40. The van der Waals surface area contributed by atoms with Crippen molar-refractivity contribution in [2.45, 2.75) is 25.8 Å². The summed E-state index contributed by atoms with van der Waals surface area (Å²) in [4.78, 5) is 3.80. The van der Waals surface area contributed by atoms with Crippen LogP contribution < -0.4 is 10.2 Å². The summed E-state index contributed by atoms with van der Waals surface area (Å²) in [5.41, 5.74) is 2.53. The molecule has 1 aliphatic rings. The Morgan fingerprint density at radius 2 is 1.85 bits per heavy atom. The van der Waals surface area contributed by atoms with Crippen molar-refractivity contribution in [2.75, 3.05) is 23.3 Å². The summed E-state index contributed by atoms with van der Waals surface area (Å²) in [5.74, 6) is 0. The molecule has 4 heteroatoms. The topological polar surface area (TPSA) is 15.3 Å². The van der Waals surface area contributed by atoms with Crippen molar-refractivity contribution in [2.24, 2.45) is 0 Å². The van der Waals surface area contributed by atoms with Gasteiger partial charge in [-0.3, -0.25) is 0 Å². The minimum absolute atomic E-state index is 0.321. The van der Waals surface area contributed by atoms with E-state index in [1.54, 1.807) is 11.3 Å². The van der Waals surface area contributed by atoms with Gasteiger partial charge in [-0.1, -0.05) is 0 Å². The van der Waals surface area contributed by atoms with E-state index in [1.807, 2.05) is 0 Å². The highest BCUT2D eigenvalue weighted by molar-refractivity contribution is 9.10. The quantitative estimate of drug-likeness (QED) is 0.806. The highest BCUT2D eigenvalue weighted by Gasteiger charge is 2.13. The second kappa shape index (κ2) is 6.19. The molecule has 2 nitrogen and oxygen atoms in total. The van der Waals surface area contributed by atoms with Gasteiger partial charge in [0.25, 0.3) is 0 Å². The predicted octanol–water partition coefficient (Wildman–Crippen LogP) is 5.28. The van der Waals surface area contributed by atoms with Gasteiger partial charge in [0, 0.05) is 33.8 Å². The molecule has 20 heavy (non-hydrogen) atoms. The van der Waals surface area contributed by atoms with Crippen LogP contribution in [0, 0.1) is 0 Å². The first-order chi connectivity index (χ1) is 9.74. The standard InChI is InChI=1S/C16H19BrN2S/c1-12(16-15(17)8-11-20-16)18-13-4-6-14(7-5-13)19-9-2-3-10-19/h4-8,11-12,18H,2-3,9-10H2,1H3. The summed E-state index contributed by atoms with van der Waals surface area (Å²) in [6.45, 7) is 4.60. The molecular formula is C16H19BrN2S. The third-order valence-electron chi connectivity index (χ3n) is 3.76. The van der Waals surface area contributed by atoms with E-state index in [4.69, 9.17) is 0 Å². The van der Waals surface area contributed by atoms with Crippen molar-refractivity contribution in [3.8, 4) is 0 Å². The summed E-state index contributed by atoms with van der Waals surface area (Å²) in [7, 11) is 0. The number of nitrogens with one attached hydrogen (secondary N) is 1. The van der Waals surface area contributed by atoms with E-state index in [-0.39, 0.29) is 0 Å². The normalized spacial score (nSPS) is 16.4. The van der Waals surface area contributed by atoms with E-state index in [1.165, 1.54) is 46.7 Å². The van der Waals surface area contributed by atoms with Gasteiger partial charge in [-0.2, -0.15) is 0 Å². The molecule has 2 aromatic rings. The van der Waals surface area contributed by atoms with Crippen molar-refractivity contribution in [3.63, 3.8) is 0 Å². The number of rotatable bonds is 4. The molecule has 106 valence electrons. The monoisotopic (exact) mass is 350 g/mol. The van der Waals surface area contributed by atoms with Crippen LogP contribution >= 0.6 is 27.3 Å². The number of anilines is 2. The molecular weight excluding hydrogens is 332 g/mol. The lowest BCUT2D eigenvalue weighted by molar-refractivity contribution is 0.902. The Morgan fingerprint density at radius 1 is 1.15 bits per heavy atom. The first kappa shape index (κ1) is 14.0. The summed E-state index contributed by atoms with van der Waals surface area (Å²) in [6.07, 6.45) is 2.65.